The van der Waals surface area contributed by atoms with Crippen molar-refractivity contribution in [2.45, 2.75) is 30.7 Å². The molecule has 0 unspecified atom stereocenters. The Bertz CT molecular complexity index is 1460. The zero-order valence-corrected chi connectivity index (χ0v) is 24.7. The van der Waals surface area contributed by atoms with Gasteiger partial charge in [-0.1, -0.05) is 53.3 Å². The normalized spacial score (nSPS) is 16.0. The molecule has 2 aliphatic rings. The van der Waals surface area contributed by atoms with Crippen LogP contribution < -0.4 is 14.5 Å². The third-order valence-corrected chi connectivity index (χ3v) is 9.57. The van der Waals surface area contributed by atoms with Crippen LogP contribution in [0.3, 0.4) is 0 Å². The number of carbonyl (C=O) groups is 1. The number of fused-ring (bicyclic) bond motifs is 1. The third kappa shape index (κ3) is 5.92. The zero-order valence-electron chi connectivity index (χ0n) is 22.3. The number of benzene rings is 3. The number of carbonyl (C=O) groups excluding carboxylic acids is 1. The molecule has 1 aromatic heterocycles. The number of amides is 1. The number of nitrogens with one attached hydrogen (secondary N) is 1. The summed E-state index contributed by atoms with van der Waals surface area (Å²) in [6.07, 6.45) is 2.05. The molecule has 4 aromatic rings. The molecule has 6 rings (SSSR count). The fourth-order valence-corrected chi connectivity index (χ4v) is 6.97. The molecule has 1 N–H and O–H groups in total. The van der Waals surface area contributed by atoms with Crippen LogP contribution in [0.15, 0.2) is 77.7 Å². The standard InChI is InChI=1S/C30H31ClN6OS2/c1-21(37-15-5-8-23-20-24(31)9-14-27(23)37)29(38)36-18-16-35(17-19-36)25-10-12-26(13-11-25)40-34-30-33-32-28(39-30)22-6-3-2-4-7-22/h2-4,6-7,9-14,20-21H,5,8,15-19H2,1H3,(H,33,34)/t21-/m1/s1. The Balaban J connectivity index is 1.01. The van der Waals surface area contributed by atoms with Gasteiger partial charge < -0.3 is 19.4 Å². The molecule has 1 fully saturated rings. The summed E-state index contributed by atoms with van der Waals surface area (Å²) < 4.78 is 3.31. The van der Waals surface area contributed by atoms with Crippen LogP contribution in [-0.4, -0.2) is 59.8 Å². The molecule has 1 atom stereocenters. The largest absolute Gasteiger partial charge is 0.368 e. The van der Waals surface area contributed by atoms with E-state index in [0.29, 0.717) is 0 Å². The van der Waals surface area contributed by atoms with Crippen molar-refractivity contribution in [3.8, 4) is 10.6 Å². The summed E-state index contributed by atoms with van der Waals surface area (Å²) >= 11 is 9.28. The van der Waals surface area contributed by atoms with Gasteiger partial charge in [0.15, 0.2) is 0 Å². The molecule has 40 heavy (non-hydrogen) atoms. The number of hydrogen-bond acceptors (Lipinski definition) is 8. The Morgan fingerprint density at radius 3 is 2.52 bits per heavy atom. The molecule has 3 heterocycles. The highest BCUT2D eigenvalue weighted by Crippen LogP contribution is 2.32. The minimum Gasteiger partial charge on any atom is -0.368 e. The predicted molar refractivity (Wildman–Crippen MR) is 167 cm³/mol. The maximum atomic E-state index is 13.5. The maximum absolute atomic E-state index is 13.5. The van der Waals surface area contributed by atoms with Gasteiger partial charge in [-0.15, -0.1) is 10.2 Å². The summed E-state index contributed by atoms with van der Waals surface area (Å²) in [7, 11) is 0. The lowest BCUT2D eigenvalue weighted by Crippen LogP contribution is -2.55. The molecule has 0 radical (unpaired) electrons. The van der Waals surface area contributed by atoms with E-state index in [4.69, 9.17) is 11.6 Å². The molecule has 0 aliphatic carbocycles. The fraction of sp³-hybridized carbons (Fsp3) is 0.300. The summed E-state index contributed by atoms with van der Waals surface area (Å²) in [5, 5.41) is 11.0. The SMILES string of the molecule is C[C@H](C(=O)N1CCN(c2ccc(SNc3nnc(-c4ccccc4)s3)cc2)CC1)N1CCCc2cc(Cl)ccc21. The molecule has 1 saturated heterocycles. The van der Waals surface area contributed by atoms with E-state index in [0.717, 1.165) is 76.9 Å². The van der Waals surface area contributed by atoms with E-state index in [1.54, 1.807) is 0 Å². The Morgan fingerprint density at radius 1 is 0.975 bits per heavy atom. The van der Waals surface area contributed by atoms with Gasteiger partial charge in [0.05, 0.1) is 0 Å². The first kappa shape index (κ1) is 26.9. The van der Waals surface area contributed by atoms with Crippen LogP contribution in [0.2, 0.25) is 5.02 Å². The lowest BCUT2D eigenvalue weighted by atomic mass is 10.00. The summed E-state index contributed by atoms with van der Waals surface area (Å²) in [6.45, 7) is 6.03. The van der Waals surface area contributed by atoms with Crippen LogP contribution in [0.5, 0.6) is 0 Å². The topological polar surface area (TPSA) is 64.6 Å². The van der Waals surface area contributed by atoms with E-state index in [2.05, 4.69) is 55.1 Å². The predicted octanol–water partition coefficient (Wildman–Crippen LogP) is 6.47. The van der Waals surface area contributed by atoms with Crippen molar-refractivity contribution in [3.63, 3.8) is 0 Å². The van der Waals surface area contributed by atoms with E-state index in [1.165, 1.54) is 34.5 Å². The molecule has 10 heteroatoms. The lowest BCUT2D eigenvalue weighted by Gasteiger charge is -2.41. The van der Waals surface area contributed by atoms with Gasteiger partial charge in [0.2, 0.25) is 11.0 Å². The van der Waals surface area contributed by atoms with Gasteiger partial charge in [0.1, 0.15) is 11.0 Å². The summed E-state index contributed by atoms with van der Waals surface area (Å²) in [5.74, 6) is 0.201. The van der Waals surface area contributed by atoms with E-state index in [9.17, 15) is 4.79 Å². The van der Waals surface area contributed by atoms with E-state index < -0.39 is 0 Å². The molecule has 3 aromatic carbocycles. The Kier molecular flexibility index (Phi) is 8.13. The molecule has 1 amide bonds. The minimum absolute atomic E-state index is 0.188. The Morgan fingerprint density at radius 2 is 1.75 bits per heavy atom. The second-order valence-electron chi connectivity index (χ2n) is 10.0. The zero-order chi connectivity index (χ0) is 27.5. The van der Waals surface area contributed by atoms with Crippen LogP contribution in [0, 0.1) is 0 Å². The van der Waals surface area contributed by atoms with Crippen LogP contribution in [-0.2, 0) is 11.2 Å². The highest BCUT2D eigenvalue weighted by atomic mass is 35.5. The van der Waals surface area contributed by atoms with Crippen molar-refractivity contribution < 1.29 is 4.79 Å². The van der Waals surface area contributed by atoms with E-state index in [1.807, 2.05) is 54.3 Å². The van der Waals surface area contributed by atoms with Crippen molar-refractivity contribution >= 4 is 57.3 Å². The number of piperazine rings is 1. The second-order valence-corrected chi connectivity index (χ2v) is 12.3. The molecule has 0 spiro atoms. The van der Waals surface area contributed by atoms with Crippen molar-refractivity contribution in [2.75, 3.05) is 47.2 Å². The fourth-order valence-electron chi connectivity index (χ4n) is 5.37. The number of anilines is 3. The van der Waals surface area contributed by atoms with Gasteiger partial charge in [0, 0.05) is 59.6 Å². The monoisotopic (exact) mass is 590 g/mol. The smallest absolute Gasteiger partial charge is 0.245 e. The highest BCUT2D eigenvalue weighted by molar-refractivity contribution is 8.00. The van der Waals surface area contributed by atoms with E-state index >= 15 is 0 Å². The molecule has 2 aliphatic heterocycles. The van der Waals surface area contributed by atoms with Crippen molar-refractivity contribution in [1.82, 2.24) is 15.1 Å². The average molecular weight is 591 g/mol. The third-order valence-electron chi connectivity index (χ3n) is 7.52. The van der Waals surface area contributed by atoms with Gasteiger partial charge >= 0.3 is 0 Å². The summed E-state index contributed by atoms with van der Waals surface area (Å²) in [6, 6.07) is 24.4. The molecular weight excluding hydrogens is 560 g/mol. The Labute approximate surface area is 248 Å². The molecule has 206 valence electrons. The van der Waals surface area contributed by atoms with Gasteiger partial charge in [-0.2, -0.15) is 0 Å². The average Bonchev–Trinajstić information content (AvgIpc) is 3.49. The van der Waals surface area contributed by atoms with Crippen LogP contribution in [0.4, 0.5) is 16.5 Å². The first-order chi connectivity index (χ1) is 19.5. The number of aryl methyl sites for hydroxylation is 1. The summed E-state index contributed by atoms with van der Waals surface area (Å²) in [4.78, 5) is 21.2. The summed E-state index contributed by atoms with van der Waals surface area (Å²) in [5.41, 5.74) is 4.63. The molecular formula is C30H31ClN6OS2. The number of hydrogen-bond donors (Lipinski definition) is 1. The van der Waals surface area contributed by atoms with Gasteiger partial charge in [-0.3, -0.25) is 4.79 Å². The highest BCUT2D eigenvalue weighted by Gasteiger charge is 2.31. The Hall–Kier alpha value is -3.27. The van der Waals surface area contributed by atoms with Gasteiger partial charge in [-0.25, -0.2) is 0 Å². The number of aromatic nitrogens is 2. The quantitative estimate of drug-likeness (QED) is 0.248. The van der Waals surface area contributed by atoms with Crippen molar-refractivity contribution in [3.05, 3.63) is 83.4 Å². The first-order valence-electron chi connectivity index (χ1n) is 13.6. The van der Waals surface area contributed by atoms with Crippen molar-refractivity contribution in [1.29, 1.82) is 0 Å². The number of nitrogens with zero attached hydrogens (tertiary/aromatic N) is 5. The number of rotatable bonds is 7. The molecule has 0 bridgehead atoms. The molecule has 0 saturated carbocycles. The minimum atomic E-state index is -0.188. The maximum Gasteiger partial charge on any atom is 0.245 e. The van der Waals surface area contributed by atoms with Gasteiger partial charge in [0.25, 0.3) is 0 Å². The van der Waals surface area contributed by atoms with E-state index in [-0.39, 0.29) is 11.9 Å². The second kappa shape index (κ2) is 12.1. The van der Waals surface area contributed by atoms with Crippen LogP contribution in [0.25, 0.3) is 10.6 Å². The van der Waals surface area contributed by atoms with Crippen LogP contribution in [0.1, 0.15) is 18.9 Å². The van der Waals surface area contributed by atoms with Crippen LogP contribution >= 0.6 is 34.9 Å². The lowest BCUT2D eigenvalue weighted by molar-refractivity contribution is -0.132. The number of halogens is 1. The van der Waals surface area contributed by atoms with Crippen molar-refractivity contribution in [2.24, 2.45) is 0 Å². The van der Waals surface area contributed by atoms with Gasteiger partial charge in [-0.05, 0) is 79.7 Å². The molecule has 7 nitrogen and oxygen atoms in total. The first-order valence-corrected chi connectivity index (χ1v) is 15.6.